The van der Waals surface area contributed by atoms with E-state index in [9.17, 15) is 87.9 Å². The molecule has 2 aliphatic heterocycles. The third-order valence-electron chi connectivity index (χ3n) is 9.87. The number of carboxylic acid groups (broad SMARTS) is 2. The van der Waals surface area contributed by atoms with Gasteiger partial charge in [-0.2, -0.15) is 0 Å². The summed E-state index contributed by atoms with van der Waals surface area (Å²) in [6.45, 7) is 1.19. The normalized spacial score (nSPS) is 27.5. The standard InChI is InChI=1S/C34H55N7O24P2/c1-14(28(49)39-18(32(53)54)7-8-21(44)38-17(31(51)52)6-4-5-10-35)36-29(50)15(2)61-27-23(37-16(3)43)33(63-19(12-42)25(27)47)64-67(58,59)65-66(56,57)60-13-20-24(46)26(48)30(62-20)41-11-9-22(45)40-34(41)55/h9,11,14-15,17-20,23-27,30,33,42,46-48H,4-8,10,12-13,35H2,1-3H3,(H,36,50)(H,37,43)(H,38,44)(H,39,49)(H,51,52)(H,53,54)(H,56,57)(H,58,59)(H,40,45,55)/p-3/t14-,15+,17-,18+,19+,20+,23+,24+,25+,26+,27+,30+,33?/m0/s1. The number of aromatic nitrogens is 2. The fraction of sp³-hybridized carbons (Fsp3) is 0.706. The lowest BCUT2D eigenvalue weighted by Crippen LogP contribution is -2.66. The molecule has 0 bridgehead atoms. The van der Waals surface area contributed by atoms with Crippen molar-refractivity contribution in [3.63, 3.8) is 0 Å². The quantitative estimate of drug-likeness (QED) is 0.0304. The van der Waals surface area contributed by atoms with E-state index in [2.05, 4.69) is 35.8 Å². The average Bonchev–Trinajstić information content (AvgIpc) is 3.51. The lowest BCUT2D eigenvalue weighted by atomic mass is 9.96. The van der Waals surface area contributed by atoms with Gasteiger partial charge in [0.2, 0.25) is 23.6 Å². The Morgan fingerprint density at radius 2 is 1.54 bits per heavy atom. The first-order valence-corrected chi connectivity index (χ1v) is 23.1. The molecule has 2 fully saturated rings. The molecule has 2 aliphatic rings. The maximum absolute atomic E-state index is 13.2. The van der Waals surface area contributed by atoms with E-state index >= 15 is 0 Å². The van der Waals surface area contributed by atoms with Crippen LogP contribution >= 0.6 is 15.6 Å². The summed E-state index contributed by atoms with van der Waals surface area (Å²) in [5, 5.41) is 73.4. The number of aliphatic hydroxyl groups is 4. The first-order valence-electron chi connectivity index (χ1n) is 20.2. The fourth-order valence-corrected chi connectivity index (χ4v) is 8.53. The van der Waals surface area contributed by atoms with Crippen LogP contribution in [0.1, 0.15) is 59.1 Å². The number of nitrogens with one attached hydrogen (secondary N) is 5. The summed E-state index contributed by atoms with van der Waals surface area (Å²) in [6, 6.07) is -5.84. The Hall–Kier alpha value is -4.56. The molecule has 15 atom stereocenters. The zero-order chi connectivity index (χ0) is 50.6. The Morgan fingerprint density at radius 1 is 0.896 bits per heavy atom. The molecule has 4 amide bonds. The average molecular weight is 1000 g/mol. The number of carbonyl (C=O) groups excluding carboxylic acids is 6. The highest BCUT2D eigenvalue weighted by molar-refractivity contribution is 7.59. The van der Waals surface area contributed by atoms with Crippen LogP contribution in [0.4, 0.5) is 0 Å². The van der Waals surface area contributed by atoms with Crippen molar-refractivity contribution >= 4 is 51.2 Å². The largest absolute Gasteiger partial charge is 0.756 e. The molecule has 33 heteroatoms. The van der Waals surface area contributed by atoms with Crippen molar-refractivity contribution in [2.45, 2.75) is 132 Å². The number of aliphatic carboxylic acids is 2. The van der Waals surface area contributed by atoms with Gasteiger partial charge in [0.15, 0.2) is 12.5 Å². The SMILES string of the molecule is CC(=O)N[C@H]1C(OP(=O)([O-])OP(=O)([O-])OC[C@H]2O[C@@H](n3ccc(=O)[nH]c3=O)[C@H](O)[C@@H]2O)O[C@H](CO)[C@@H](O)[C@@H]1O[C@H](C)C(=O)N[C@@H](C)C(=O)N[C@H](CCC(=O)N[C@@H](CCCC[NH3+])C(=O)[O-])C(=O)[O-]. The molecule has 31 nitrogen and oxygen atoms in total. The maximum atomic E-state index is 13.2. The molecule has 0 aromatic carbocycles. The van der Waals surface area contributed by atoms with Gasteiger partial charge in [0.25, 0.3) is 21.2 Å². The van der Waals surface area contributed by atoms with Gasteiger partial charge in [-0.15, -0.1) is 0 Å². The molecule has 380 valence electrons. The Labute approximate surface area is 378 Å². The molecule has 3 rings (SSSR count). The van der Waals surface area contributed by atoms with Gasteiger partial charge in [0.1, 0.15) is 54.8 Å². The van der Waals surface area contributed by atoms with Crippen molar-refractivity contribution in [2.75, 3.05) is 19.8 Å². The van der Waals surface area contributed by atoms with Crippen molar-refractivity contribution in [1.82, 2.24) is 30.8 Å². The van der Waals surface area contributed by atoms with Crippen LogP contribution in [0.15, 0.2) is 21.9 Å². The van der Waals surface area contributed by atoms with Crippen LogP contribution in [0.25, 0.3) is 0 Å². The lowest BCUT2D eigenvalue weighted by molar-refractivity contribution is -0.368. The summed E-state index contributed by atoms with van der Waals surface area (Å²) in [5.41, 5.74) is 1.73. The first-order chi connectivity index (χ1) is 31.2. The molecule has 1 aromatic rings. The number of nitrogens with zero attached hydrogens (tertiary/aromatic N) is 1. The maximum Gasteiger partial charge on any atom is 0.330 e. The Kier molecular flexibility index (Phi) is 21.3. The van der Waals surface area contributed by atoms with Gasteiger partial charge in [-0.25, -0.2) is 9.11 Å². The summed E-state index contributed by atoms with van der Waals surface area (Å²) >= 11 is 0. The number of phosphoric acid groups is 2. The molecule has 0 saturated carbocycles. The molecular weight excluding hydrogens is 952 g/mol. The van der Waals surface area contributed by atoms with Crippen LogP contribution in [-0.2, 0) is 65.5 Å². The Morgan fingerprint density at radius 3 is 2.12 bits per heavy atom. The summed E-state index contributed by atoms with van der Waals surface area (Å²) in [6.07, 6.45) is -16.5. The predicted molar refractivity (Wildman–Crippen MR) is 207 cm³/mol. The summed E-state index contributed by atoms with van der Waals surface area (Å²) in [5.74, 6) is -7.54. The second-order valence-electron chi connectivity index (χ2n) is 15.1. The fourth-order valence-electron chi connectivity index (χ4n) is 6.44. The third-order valence-corrected chi connectivity index (χ3v) is 12.4. The number of hydrogen-bond donors (Lipinski definition) is 10. The van der Waals surface area contributed by atoms with Crippen LogP contribution in [-0.4, -0.2) is 158 Å². The van der Waals surface area contributed by atoms with E-state index in [1.807, 2.05) is 4.98 Å². The molecule has 2 saturated heterocycles. The van der Waals surface area contributed by atoms with Crippen LogP contribution in [0.5, 0.6) is 0 Å². The van der Waals surface area contributed by atoms with E-state index in [0.717, 1.165) is 33.0 Å². The minimum absolute atomic E-state index is 0.0258. The number of quaternary nitrogens is 1. The van der Waals surface area contributed by atoms with Gasteiger partial charge in [0.05, 0.1) is 43.8 Å². The highest BCUT2D eigenvalue weighted by atomic mass is 31.3. The number of H-pyrrole nitrogens is 1. The molecule has 0 spiro atoms. The minimum Gasteiger partial charge on any atom is -0.756 e. The van der Waals surface area contributed by atoms with Crippen LogP contribution in [0, 0.1) is 0 Å². The highest BCUT2D eigenvalue weighted by Gasteiger charge is 2.50. The third kappa shape index (κ3) is 16.9. The summed E-state index contributed by atoms with van der Waals surface area (Å²) in [4.78, 5) is 125. The number of rotatable bonds is 26. The number of hydrogen-bond acceptors (Lipinski definition) is 24. The van der Waals surface area contributed by atoms with E-state index in [1.54, 1.807) is 0 Å². The van der Waals surface area contributed by atoms with Crippen molar-refractivity contribution in [1.29, 1.82) is 0 Å². The lowest BCUT2D eigenvalue weighted by Gasteiger charge is -2.46. The number of carboxylic acids is 2. The van der Waals surface area contributed by atoms with Crippen molar-refractivity contribution in [3.8, 4) is 0 Å². The molecule has 0 aliphatic carbocycles. The van der Waals surface area contributed by atoms with Gasteiger partial charge in [-0.3, -0.25) is 47.2 Å². The van der Waals surface area contributed by atoms with Gasteiger partial charge < -0.3 is 95.8 Å². The number of unbranched alkanes of at least 4 members (excludes halogenated alkanes) is 1. The molecular formula is C34H52N7O24P2-3. The van der Waals surface area contributed by atoms with E-state index in [1.165, 1.54) is 0 Å². The van der Waals surface area contributed by atoms with E-state index in [4.69, 9.17) is 18.7 Å². The Bertz CT molecular complexity index is 2130. The molecule has 12 N–H and O–H groups in total. The molecule has 3 unspecified atom stereocenters. The van der Waals surface area contributed by atoms with Crippen molar-refractivity contribution in [2.24, 2.45) is 0 Å². The zero-order valence-electron chi connectivity index (χ0n) is 35.8. The van der Waals surface area contributed by atoms with Gasteiger partial charge >= 0.3 is 5.69 Å². The van der Waals surface area contributed by atoms with E-state index in [0.29, 0.717) is 24.0 Å². The minimum atomic E-state index is -6.23. The number of aromatic amines is 1. The highest BCUT2D eigenvalue weighted by Crippen LogP contribution is 2.57. The second kappa shape index (κ2) is 25.2. The van der Waals surface area contributed by atoms with Crippen LogP contribution < -0.4 is 58.2 Å². The first kappa shape index (κ1) is 56.8. The zero-order valence-corrected chi connectivity index (χ0v) is 37.6. The smallest absolute Gasteiger partial charge is 0.330 e. The van der Waals surface area contributed by atoms with Gasteiger partial charge in [-0.05, 0) is 39.5 Å². The van der Waals surface area contributed by atoms with Crippen molar-refractivity contribution < 1.29 is 112 Å². The van der Waals surface area contributed by atoms with Crippen LogP contribution in [0.3, 0.4) is 0 Å². The number of phosphoric ester groups is 2. The second-order valence-corrected chi connectivity index (χ2v) is 18.0. The number of aliphatic hydroxyl groups excluding tert-OH is 4. The van der Waals surface area contributed by atoms with Crippen LogP contribution in [0.2, 0.25) is 0 Å². The summed E-state index contributed by atoms with van der Waals surface area (Å²) < 4.78 is 55.8. The van der Waals surface area contributed by atoms with Gasteiger partial charge in [0, 0.05) is 25.6 Å². The van der Waals surface area contributed by atoms with E-state index < -0.39 is 168 Å². The molecule has 3 heterocycles. The summed E-state index contributed by atoms with van der Waals surface area (Å²) in [7, 11) is -12.3. The number of ether oxygens (including phenoxy) is 3. The molecule has 1 aromatic heterocycles. The van der Waals surface area contributed by atoms with E-state index in [-0.39, 0.29) is 6.42 Å². The number of carbonyl (C=O) groups is 6. The molecule has 0 radical (unpaired) electrons. The molecule has 67 heavy (non-hydrogen) atoms. The van der Waals surface area contributed by atoms with Gasteiger partial charge in [-0.1, -0.05) is 0 Å². The topological polar surface area (TPSA) is 496 Å². The van der Waals surface area contributed by atoms with Crippen molar-refractivity contribution in [3.05, 3.63) is 33.1 Å². The monoisotopic (exact) mass is 1000 g/mol. The number of amides is 4. The Balaban J connectivity index is 1.66. The predicted octanol–water partition coefficient (Wildman–Crippen LogP) is -10.3.